The summed E-state index contributed by atoms with van der Waals surface area (Å²) >= 11 is 0. The molecule has 0 radical (unpaired) electrons. The zero-order valence-electron chi connectivity index (χ0n) is 7.81. The van der Waals surface area contributed by atoms with Crippen molar-refractivity contribution in [1.82, 2.24) is 0 Å². The lowest BCUT2D eigenvalue weighted by molar-refractivity contribution is -0.270. The number of ether oxygens (including phenoxy) is 1. The molecule has 1 aliphatic rings. The first-order valence-corrected chi connectivity index (χ1v) is 4.44. The Morgan fingerprint density at radius 1 is 1.33 bits per heavy atom. The quantitative estimate of drug-likeness (QED) is 0.645. The molecule has 0 amide bonds. The maximum absolute atomic E-state index is 12.3. The topological polar surface area (TPSA) is 9.23 Å². The minimum atomic E-state index is -2.95. The van der Waals surface area contributed by atoms with E-state index in [-0.39, 0.29) is 6.10 Å². The standard InChI is InChI=1S/C9H16F2O/c1-6(2)7-4-8(5-7)12-9(3,10)11/h6-8H,4-5H2,1-3H3/t7-,8-. The van der Waals surface area contributed by atoms with Gasteiger partial charge in [-0.2, -0.15) is 8.78 Å². The molecular formula is C9H16F2O. The van der Waals surface area contributed by atoms with Crippen LogP contribution in [0, 0.1) is 11.8 Å². The summed E-state index contributed by atoms with van der Waals surface area (Å²) in [5.41, 5.74) is 0. The number of hydrogen-bond acceptors (Lipinski definition) is 1. The smallest absolute Gasteiger partial charge is 0.317 e. The van der Waals surface area contributed by atoms with Crippen LogP contribution in [-0.2, 0) is 4.74 Å². The lowest BCUT2D eigenvalue weighted by Gasteiger charge is -2.38. The summed E-state index contributed by atoms with van der Waals surface area (Å²) in [6.07, 6.45) is -1.58. The van der Waals surface area contributed by atoms with Crippen LogP contribution in [0.1, 0.15) is 33.6 Å². The fourth-order valence-corrected chi connectivity index (χ4v) is 1.54. The summed E-state index contributed by atoms with van der Waals surface area (Å²) in [5, 5.41) is 0. The van der Waals surface area contributed by atoms with E-state index in [0.717, 1.165) is 19.8 Å². The molecule has 0 heterocycles. The minimum Gasteiger partial charge on any atom is -0.317 e. The third-order valence-electron chi connectivity index (χ3n) is 2.45. The van der Waals surface area contributed by atoms with Crippen LogP contribution in [0.25, 0.3) is 0 Å². The largest absolute Gasteiger partial charge is 0.353 e. The molecular weight excluding hydrogens is 162 g/mol. The van der Waals surface area contributed by atoms with E-state index in [9.17, 15) is 8.78 Å². The molecule has 0 N–H and O–H groups in total. The molecule has 12 heavy (non-hydrogen) atoms. The van der Waals surface area contributed by atoms with Gasteiger partial charge in [0.1, 0.15) is 0 Å². The van der Waals surface area contributed by atoms with Crippen LogP contribution in [-0.4, -0.2) is 12.2 Å². The minimum absolute atomic E-state index is 0.211. The molecule has 0 atom stereocenters. The van der Waals surface area contributed by atoms with Gasteiger partial charge in [0.25, 0.3) is 0 Å². The highest BCUT2D eigenvalue weighted by molar-refractivity contribution is 4.82. The molecule has 1 fully saturated rings. The summed E-state index contributed by atoms with van der Waals surface area (Å²) in [5.74, 6) is 1.17. The zero-order valence-corrected chi connectivity index (χ0v) is 7.81. The van der Waals surface area contributed by atoms with Crippen LogP contribution in [0.5, 0.6) is 0 Å². The van der Waals surface area contributed by atoms with Crippen LogP contribution in [0.4, 0.5) is 8.78 Å². The van der Waals surface area contributed by atoms with E-state index >= 15 is 0 Å². The highest BCUT2D eigenvalue weighted by atomic mass is 19.3. The molecule has 0 aromatic rings. The van der Waals surface area contributed by atoms with Gasteiger partial charge in [0, 0.05) is 6.92 Å². The second-order valence-corrected chi connectivity index (χ2v) is 4.02. The maximum atomic E-state index is 12.3. The van der Waals surface area contributed by atoms with Crippen molar-refractivity contribution in [3.8, 4) is 0 Å². The van der Waals surface area contributed by atoms with Crippen molar-refractivity contribution < 1.29 is 13.5 Å². The molecule has 0 bridgehead atoms. The van der Waals surface area contributed by atoms with Gasteiger partial charge in [-0.1, -0.05) is 13.8 Å². The summed E-state index contributed by atoms with van der Waals surface area (Å²) in [4.78, 5) is 0. The first-order chi connectivity index (χ1) is 5.38. The van der Waals surface area contributed by atoms with Gasteiger partial charge in [-0.15, -0.1) is 0 Å². The van der Waals surface area contributed by atoms with Crippen LogP contribution in [0.15, 0.2) is 0 Å². The molecule has 0 unspecified atom stereocenters. The Morgan fingerprint density at radius 3 is 2.17 bits per heavy atom. The molecule has 0 saturated heterocycles. The van der Waals surface area contributed by atoms with Crippen molar-refractivity contribution in [2.24, 2.45) is 11.8 Å². The van der Waals surface area contributed by atoms with Gasteiger partial charge >= 0.3 is 6.11 Å². The van der Waals surface area contributed by atoms with Crippen molar-refractivity contribution in [2.45, 2.75) is 45.8 Å². The fourth-order valence-electron chi connectivity index (χ4n) is 1.54. The Balaban J connectivity index is 2.18. The molecule has 1 saturated carbocycles. The predicted octanol–water partition coefficient (Wildman–Crippen LogP) is 3.05. The second-order valence-electron chi connectivity index (χ2n) is 4.02. The number of hydrogen-bond donors (Lipinski definition) is 0. The third-order valence-corrected chi connectivity index (χ3v) is 2.45. The van der Waals surface area contributed by atoms with Crippen LogP contribution in [0.3, 0.4) is 0 Å². The molecule has 0 aromatic heterocycles. The van der Waals surface area contributed by atoms with E-state index in [0.29, 0.717) is 11.8 Å². The van der Waals surface area contributed by atoms with Crippen molar-refractivity contribution in [3.63, 3.8) is 0 Å². The monoisotopic (exact) mass is 178 g/mol. The van der Waals surface area contributed by atoms with Crippen LogP contribution < -0.4 is 0 Å². The van der Waals surface area contributed by atoms with Crippen molar-refractivity contribution in [1.29, 1.82) is 0 Å². The van der Waals surface area contributed by atoms with Gasteiger partial charge in [-0.3, -0.25) is 0 Å². The average Bonchev–Trinajstić information content (AvgIpc) is 1.74. The van der Waals surface area contributed by atoms with Crippen LogP contribution in [0.2, 0.25) is 0 Å². The number of rotatable bonds is 3. The Hall–Kier alpha value is -0.180. The molecule has 0 aliphatic heterocycles. The van der Waals surface area contributed by atoms with Crippen molar-refractivity contribution >= 4 is 0 Å². The van der Waals surface area contributed by atoms with Gasteiger partial charge in [0.15, 0.2) is 0 Å². The van der Waals surface area contributed by atoms with Gasteiger partial charge < -0.3 is 4.74 Å². The summed E-state index contributed by atoms with van der Waals surface area (Å²) in [7, 11) is 0. The summed E-state index contributed by atoms with van der Waals surface area (Å²) in [6, 6.07) is 0. The molecule has 72 valence electrons. The Bertz CT molecular complexity index is 145. The van der Waals surface area contributed by atoms with E-state index in [1.54, 1.807) is 0 Å². The second kappa shape index (κ2) is 3.29. The molecule has 3 heteroatoms. The zero-order chi connectivity index (χ0) is 9.35. The fraction of sp³-hybridized carbons (Fsp3) is 1.00. The van der Waals surface area contributed by atoms with E-state index in [2.05, 4.69) is 18.6 Å². The highest BCUT2D eigenvalue weighted by Gasteiger charge is 2.37. The van der Waals surface area contributed by atoms with Gasteiger partial charge in [-0.05, 0) is 24.7 Å². The SMILES string of the molecule is CC(C)[C@H]1C[C@H](OC(C)(F)F)C1. The molecule has 1 aliphatic carbocycles. The van der Waals surface area contributed by atoms with E-state index in [4.69, 9.17) is 0 Å². The Morgan fingerprint density at radius 2 is 1.83 bits per heavy atom. The summed E-state index contributed by atoms with van der Waals surface area (Å²) in [6.45, 7) is 5.03. The molecule has 0 spiro atoms. The van der Waals surface area contributed by atoms with Crippen molar-refractivity contribution in [3.05, 3.63) is 0 Å². The van der Waals surface area contributed by atoms with E-state index in [1.165, 1.54) is 0 Å². The summed E-state index contributed by atoms with van der Waals surface area (Å²) < 4.78 is 29.1. The van der Waals surface area contributed by atoms with E-state index < -0.39 is 6.11 Å². The predicted molar refractivity (Wildman–Crippen MR) is 43.1 cm³/mol. The normalized spacial score (nSPS) is 30.5. The molecule has 1 rings (SSSR count). The first-order valence-electron chi connectivity index (χ1n) is 4.44. The first kappa shape index (κ1) is 9.90. The van der Waals surface area contributed by atoms with Gasteiger partial charge in [-0.25, -0.2) is 0 Å². The Labute approximate surface area is 72.1 Å². The lowest BCUT2D eigenvalue weighted by Crippen LogP contribution is -2.38. The van der Waals surface area contributed by atoms with Gasteiger partial charge in [0.05, 0.1) is 6.10 Å². The third kappa shape index (κ3) is 2.70. The number of alkyl halides is 2. The highest BCUT2D eigenvalue weighted by Crippen LogP contribution is 2.38. The number of halogens is 2. The molecule has 0 aromatic carbocycles. The Kier molecular flexibility index (Phi) is 2.71. The molecule has 1 nitrogen and oxygen atoms in total. The van der Waals surface area contributed by atoms with E-state index in [1.807, 2.05) is 0 Å². The van der Waals surface area contributed by atoms with Gasteiger partial charge in [0.2, 0.25) is 0 Å². The van der Waals surface area contributed by atoms with Crippen LogP contribution >= 0.6 is 0 Å². The van der Waals surface area contributed by atoms with Crippen molar-refractivity contribution in [2.75, 3.05) is 0 Å². The lowest BCUT2D eigenvalue weighted by atomic mass is 9.75. The maximum Gasteiger partial charge on any atom is 0.353 e. The average molecular weight is 178 g/mol.